The second kappa shape index (κ2) is 12.0. The number of hydrogen-bond donors (Lipinski definition) is 0. The molecule has 0 unspecified atom stereocenters. The van der Waals surface area contributed by atoms with E-state index in [1.165, 1.54) is 33.0 Å². The first-order valence-corrected chi connectivity index (χ1v) is 17.4. The molecule has 0 atom stereocenters. The molecule has 0 fully saturated rings. The van der Waals surface area contributed by atoms with E-state index in [1.54, 1.807) is 0 Å². The van der Waals surface area contributed by atoms with E-state index >= 15 is 0 Å². The lowest BCUT2D eigenvalue weighted by molar-refractivity contribution is 0.669. The number of benzene rings is 7. The zero-order chi connectivity index (χ0) is 33.7. The van der Waals surface area contributed by atoms with Crippen LogP contribution in [0.5, 0.6) is 0 Å². The van der Waals surface area contributed by atoms with Crippen molar-refractivity contribution >= 4 is 38.8 Å². The fourth-order valence-corrected chi connectivity index (χ4v) is 7.43. The smallest absolute Gasteiger partial charge is 0.164 e. The first kappa shape index (κ1) is 29.3. The van der Waals surface area contributed by atoms with Gasteiger partial charge in [-0.15, -0.1) is 0 Å². The van der Waals surface area contributed by atoms with Crippen molar-refractivity contribution < 1.29 is 4.42 Å². The summed E-state index contributed by atoms with van der Waals surface area (Å²) in [6.07, 6.45) is 6.62. The molecule has 0 radical (unpaired) electrons. The molecule has 0 bridgehead atoms. The van der Waals surface area contributed by atoms with Crippen molar-refractivity contribution in [1.82, 2.24) is 15.0 Å². The number of aryl methyl sites for hydroxylation is 1. The summed E-state index contributed by atoms with van der Waals surface area (Å²) in [5.41, 5.74) is 11.6. The van der Waals surface area contributed by atoms with Crippen molar-refractivity contribution in [1.29, 1.82) is 0 Å². The van der Waals surface area contributed by atoms with Crippen LogP contribution < -0.4 is 0 Å². The van der Waals surface area contributed by atoms with Gasteiger partial charge in [0.15, 0.2) is 17.5 Å². The molecule has 0 aliphatic heterocycles. The topological polar surface area (TPSA) is 51.8 Å². The molecular formula is C47H31N3O. The highest BCUT2D eigenvalue weighted by molar-refractivity contribution is 6.13. The quantitative estimate of drug-likeness (QED) is 0.185. The molecule has 0 amide bonds. The maximum absolute atomic E-state index is 6.54. The van der Waals surface area contributed by atoms with Crippen LogP contribution in [0.4, 0.5) is 0 Å². The second-order valence-electron chi connectivity index (χ2n) is 13.1. The van der Waals surface area contributed by atoms with Gasteiger partial charge in [0, 0.05) is 27.5 Å². The van der Waals surface area contributed by atoms with E-state index in [4.69, 9.17) is 19.4 Å². The molecule has 7 aromatic carbocycles. The fourth-order valence-electron chi connectivity index (χ4n) is 7.43. The van der Waals surface area contributed by atoms with Crippen molar-refractivity contribution in [2.45, 2.75) is 12.8 Å². The Bertz CT molecular complexity index is 2800. The van der Waals surface area contributed by atoms with Gasteiger partial charge in [-0.05, 0) is 81.3 Å². The SMILES string of the molecule is C1=Cc2c(cccc2-c2cc(-c3nc(-c4ccccc4)nc(-c4ccc(-c5ccc6ccccc6c5)cc4)n3)c3c(c2)oc2ccccc23)CC1. The average molecular weight is 654 g/mol. The van der Waals surface area contributed by atoms with Crippen LogP contribution in [0.25, 0.3) is 95.2 Å². The predicted octanol–water partition coefficient (Wildman–Crippen LogP) is 12.2. The molecule has 1 aliphatic carbocycles. The van der Waals surface area contributed by atoms with Gasteiger partial charge in [-0.1, -0.05) is 140 Å². The summed E-state index contributed by atoms with van der Waals surface area (Å²) >= 11 is 0. The molecule has 0 N–H and O–H groups in total. The van der Waals surface area contributed by atoms with Crippen LogP contribution in [0.3, 0.4) is 0 Å². The molecule has 1 aliphatic rings. The third-order valence-electron chi connectivity index (χ3n) is 9.98. The summed E-state index contributed by atoms with van der Waals surface area (Å²) in [6, 6.07) is 52.9. The van der Waals surface area contributed by atoms with E-state index in [9.17, 15) is 0 Å². The fraction of sp³-hybridized carbons (Fsp3) is 0.0426. The van der Waals surface area contributed by atoms with Gasteiger partial charge in [0.25, 0.3) is 0 Å². The Balaban J connectivity index is 1.17. The van der Waals surface area contributed by atoms with Crippen LogP contribution in [-0.2, 0) is 6.42 Å². The number of para-hydroxylation sites is 1. The maximum Gasteiger partial charge on any atom is 0.164 e. The normalized spacial score (nSPS) is 12.5. The van der Waals surface area contributed by atoms with Crippen LogP contribution in [0.2, 0.25) is 0 Å². The molecule has 4 nitrogen and oxygen atoms in total. The summed E-state index contributed by atoms with van der Waals surface area (Å²) in [6.45, 7) is 0. The van der Waals surface area contributed by atoms with E-state index in [-0.39, 0.29) is 0 Å². The molecule has 10 rings (SSSR count). The molecule has 240 valence electrons. The predicted molar refractivity (Wildman–Crippen MR) is 209 cm³/mol. The molecule has 0 saturated carbocycles. The largest absolute Gasteiger partial charge is 0.456 e. The van der Waals surface area contributed by atoms with Crippen molar-refractivity contribution in [3.63, 3.8) is 0 Å². The minimum absolute atomic E-state index is 0.608. The molecule has 51 heavy (non-hydrogen) atoms. The summed E-state index contributed by atoms with van der Waals surface area (Å²) in [5, 5.41) is 4.49. The van der Waals surface area contributed by atoms with Gasteiger partial charge >= 0.3 is 0 Å². The first-order valence-electron chi connectivity index (χ1n) is 17.4. The van der Waals surface area contributed by atoms with Gasteiger partial charge in [0.2, 0.25) is 0 Å². The summed E-state index contributed by atoms with van der Waals surface area (Å²) in [5.74, 6) is 1.85. The van der Waals surface area contributed by atoms with Gasteiger partial charge in [0.05, 0.1) is 0 Å². The van der Waals surface area contributed by atoms with E-state index in [1.807, 2.05) is 42.5 Å². The second-order valence-corrected chi connectivity index (χ2v) is 13.1. The van der Waals surface area contributed by atoms with Crippen molar-refractivity contribution in [2.75, 3.05) is 0 Å². The number of rotatable bonds is 5. The average Bonchev–Trinajstić information content (AvgIpc) is 3.59. The Kier molecular flexibility index (Phi) is 6.91. The highest BCUT2D eigenvalue weighted by Gasteiger charge is 2.21. The standard InChI is InChI=1S/C47H31N3O/c1-2-13-33(14-3-1)45-48-46(34-24-21-31(22-25-34)36-26-23-30-11-4-5-15-35(30)27-36)50-47(49-45)41-28-37(39-19-10-16-32-12-6-7-17-38(32)39)29-43-44(41)40-18-8-9-20-42(40)51-43/h1-5,7-11,13-29H,6,12H2. The molecular weight excluding hydrogens is 623 g/mol. The van der Waals surface area contributed by atoms with E-state index in [0.29, 0.717) is 17.5 Å². The Labute approximate surface area is 295 Å². The highest BCUT2D eigenvalue weighted by atomic mass is 16.3. The molecule has 2 heterocycles. The zero-order valence-corrected chi connectivity index (χ0v) is 27.8. The Hall–Kier alpha value is -6.65. The number of aromatic nitrogens is 3. The van der Waals surface area contributed by atoms with Gasteiger partial charge in [0.1, 0.15) is 11.2 Å². The van der Waals surface area contributed by atoms with Gasteiger partial charge in [-0.25, -0.2) is 15.0 Å². The maximum atomic E-state index is 6.54. The minimum atomic E-state index is 0.608. The van der Waals surface area contributed by atoms with Crippen molar-refractivity contribution in [3.8, 4) is 56.4 Å². The Morgan fingerprint density at radius 3 is 2.02 bits per heavy atom. The van der Waals surface area contributed by atoms with Crippen LogP contribution in [0.15, 0.2) is 162 Å². The van der Waals surface area contributed by atoms with Crippen molar-refractivity contribution in [3.05, 3.63) is 169 Å². The highest BCUT2D eigenvalue weighted by Crippen LogP contribution is 2.41. The van der Waals surface area contributed by atoms with E-state index in [0.717, 1.165) is 62.6 Å². The third kappa shape index (κ3) is 5.20. The van der Waals surface area contributed by atoms with Crippen LogP contribution >= 0.6 is 0 Å². The van der Waals surface area contributed by atoms with Gasteiger partial charge in [-0.2, -0.15) is 0 Å². The third-order valence-corrected chi connectivity index (χ3v) is 9.98. The summed E-state index contributed by atoms with van der Waals surface area (Å²) in [7, 11) is 0. The summed E-state index contributed by atoms with van der Waals surface area (Å²) in [4.78, 5) is 15.5. The Morgan fingerprint density at radius 1 is 0.451 bits per heavy atom. The lowest BCUT2D eigenvalue weighted by Gasteiger charge is -2.16. The van der Waals surface area contributed by atoms with Crippen LogP contribution in [-0.4, -0.2) is 15.0 Å². The van der Waals surface area contributed by atoms with E-state index < -0.39 is 0 Å². The number of allylic oxidation sites excluding steroid dienone is 1. The minimum Gasteiger partial charge on any atom is -0.456 e. The molecule has 9 aromatic rings. The number of furan rings is 1. The zero-order valence-electron chi connectivity index (χ0n) is 27.8. The van der Waals surface area contributed by atoms with Crippen molar-refractivity contribution in [2.24, 2.45) is 0 Å². The Morgan fingerprint density at radius 2 is 1.16 bits per heavy atom. The molecule has 0 spiro atoms. The monoisotopic (exact) mass is 653 g/mol. The number of nitrogens with zero attached hydrogens (tertiary/aromatic N) is 3. The van der Waals surface area contributed by atoms with E-state index in [2.05, 4.69) is 121 Å². The summed E-state index contributed by atoms with van der Waals surface area (Å²) < 4.78 is 6.54. The molecule has 4 heteroatoms. The van der Waals surface area contributed by atoms with Gasteiger partial charge < -0.3 is 4.42 Å². The van der Waals surface area contributed by atoms with Crippen LogP contribution in [0, 0.1) is 0 Å². The molecule has 0 saturated heterocycles. The molecule has 2 aromatic heterocycles. The van der Waals surface area contributed by atoms with Crippen LogP contribution in [0.1, 0.15) is 17.5 Å². The number of hydrogen-bond acceptors (Lipinski definition) is 4. The lowest BCUT2D eigenvalue weighted by atomic mass is 9.89. The van der Waals surface area contributed by atoms with Gasteiger partial charge in [-0.3, -0.25) is 0 Å². The number of fused-ring (bicyclic) bond motifs is 5. The first-order chi connectivity index (χ1) is 25.2. The lowest BCUT2D eigenvalue weighted by Crippen LogP contribution is -2.01.